The molecule has 0 N–H and O–H groups in total. The Bertz CT molecular complexity index is 1100. The van der Waals surface area contributed by atoms with Crippen LogP contribution in [0, 0.1) is 6.92 Å². The van der Waals surface area contributed by atoms with E-state index in [1.165, 1.54) is 43.5 Å². The zero-order valence-corrected chi connectivity index (χ0v) is 14.4. The van der Waals surface area contributed by atoms with Crippen LogP contribution in [0.5, 0.6) is 0 Å². The van der Waals surface area contributed by atoms with Crippen molar-refractivity contribution in [2.45, 2.75) is 6.92 Å². The lowest BCUT2D eigenvalue weighted by Gasteiger charge is -1.88. The predicted molar refractivity (Wildman–Crippen MR) is 101 cm³/mol. The van der Waals surface area contributed by atoms with Gasteiger partial charge in [0, 0.05) is 29.4 Å². The van der Waals surface area contributed by atoms with Crippen molar-refractivity contribution in [1.29, 1.82) is 0 Å². The molecule has 0 bridgehead atoms. The van der Waals surface area contributed by atoms with Crippen molar-refractivity contribution in [1.82, 2.24) is 0 Å². The first-order valence-electron chi connectivity index (χ1n) is 6.70. The van der Waals surface area contributed by atoms with E-state index in [9.17, 15) is 0 Å². The number of hydrogen-bond acceptors (Lipinski definition) is 4. The summed E-state index contributed by atoms with van der Waals surface area (Å²) in [5, 5.41) is 1.42. The summed E-state index contributed by atoms with van der Waals surface area (Å²) >= 11 is 7.72. The van der Waals surface area contributed by atoms with E-state index < -0.39 is 0 Å². The van der Waals surface area contributed by atoms with Gasteiger partial charge in [0.1, 0.15) is 0 Å². The fraction of sp³-hybridized carbons (Fsp3) is 0.0588. The molecule has 0 aliphatic heterocycles. The minimum absolute atomic E-state index is 1.38. The first kappa shape index (κ1) is 12.4. The van der Waals surface area contributed by atoms with E-state index in [0.29, 0.717) is 0 Å². The number of fused-ring (bicyclic) bond motifs is 5. The molecule has 0 aliphatic carbocycles. The lowest BCUT2D eigenvalue weighted by atomic mass is 10.2. The largest absolute Gasteiger partial charge is 0.140 e. The van der Waals surface area contributed by atoms with Gasteiger partial charge in [-0.2, -0.15) is 0 Å². The second-order valence-electron chi connectivity index (χ2n) is 5.07. The maximum Gasteiger partial charge on any atom is 0.0642 e. The summed E-state index contributed by atoms with van der Waals surface area (Å²) in [4.78, 5) is 4.19. The van der Waals surface area contributed by atoms with Crippen LogP contribution in [-0.2, 0) is 0 Å². The van der Waals surface area contributed by atoms with E-state index in [2.05, 4.69) is 49.4 Å². The molecule has 4 heteroatoms. The predicted octanol–water partition coefficient (Wildman–Crippen LogP) is 7.37. The molecule has 21 heavy (non-hydrogen) atoms. The molecule has 102 valence electrons. The molecule has 0 amide bonds. The third kappa shape index (κ3) is 1.77. The molecule has 5 rings (SSSR count). The van der Waals surface area contributed by atoms with Gasteiger partial charge in [-0.25, -0.2) is 0 Å². The van der Waals surface area contributed by atoms with E-state index in [4.69, 9.17) is 0 Å². The molecule has 1 aromatic carbocycles. The zero-order valence-electron chi connectivity index (χ0n) is 11.2. The van der Waals surface area contributed by atoms with E-state index in [-0.39, 0.29) is 0 Å². The van der Waals surface area contributed by atoms with E-state index >= 15 is 0 Å². The van der Waals surface area contributed by atoms with Gasteiger partial charge in [-0.05, 0) is 31.2 Å². The summed E-state index contributed by atoms with van der Waals surface area (Å²) in [7, 11) is 0. The van der Waals surface area contributed by atoms with Crippen LogP contribution in [-0.4, -0.2) is 0 Å². The van der Waals surface area contributed by atoms with Gasteiger partial charge < -0.3 is 0 Å². The summed E-state index contributed by atoms with van der Waals surface area (Å²) in [6.45, 7) is 2.17. The summed E-state index contributed by atoms with van der Waals surface area (Å²) in [5.41, 5.74) is 0. The molecule has 4 aromatic heterocycles. The first-order chi connectivity index (χ1) is 10.3. The summed E-state index contributed by atoms with van der Waals surface area (Å²) in [6.07, 6.45) is 0. The lowest BCUT2D eigenvalue weighted by Crippen LogP contribution is -1.59. The van der Waals surface area contributed by atoms with Crippen LogP contribution < -0.4 is 0 Å². The average Bonchev–Trinajstić information content (AvgIpc) is 3.19. The van der Waals surface area contributed by atoms with Crippen LogP contribution in [0.3, 0.4) is 0 Å². The Labute approximate surface area is 137 Å². The Morgan fingerprint density at radius 1 is 0.667 bits per heavy atom. The lowest BCUT2D eigenvalue weighted by molar-refractivity contribution is 1.64. The fourth-order valence-corrected chi connectivity index (χ4v) is 7.77. The number of thiophene rings is 4. The molecule has 0 saturated carbocycles. The van der Waals surface area contributed by atoms with Gasteiger partial charge in [-0.15, -0.1) is 45.3 Å². The molecule has 0 unspecified atom stereocenters. The molecule has 0 nitrogen and oxygen atoms in total. The second-order valence-corrected chi connectivity index (χ2v) is 9.52. The monoisotopic (exact) mass is 342 g/mol. The Kier molecular flexibility index (Phi) is 2.59. The SMILES string of the molecule is Cc1ccc(-c2cc3sc4c5ccccc5sc4c3s2)s1. The molecule has 0 atom stereocenters. The second kappa shape index (κ2) is 4.40. The Hall–Kier alpha value is -1.20. The van der Waals surface area contributed by atoms with E-state index in [0.717, 1.165) is 0 Å². The fourth-order valence-electron chi connectivity index (χ4n) is 2.68. The average molecular weight is 343 g/mol. The number of aryl methyl sites for hydroxylation is 1. The normalized spacial score (nSPS) is 12.0. The third-order valence-corrected chi connectivity index (χ3v) is 8.74. The van der Waals surface area contributed by atoms with Gasteiger partial charge >= 0.3 is 0 Å². The van der Waals surface area contributed by atoms with Crippen molar-refractivity contribution in [3.05, 3.63) is 47.3 Å². The van der Waals surface area contributed by atoms with Crippen LogP contribution in [0.4, 0.5) is 0 Å². The van der Waals surface area contributed by atoms with Crippen molar-refractivity contribution in [3.63, 3.8) is 0 Å². The first-order valence-corrected chi connectivity index (χ1v) is 9.96. The highest BCUT2D eigenvalue weighted by Gasteiger charge is 2.15. The maximum absolute atomic E-state index is 2.37. The van der Waals surface area contributed by atoms with Crippen LogP contribution in [0.15, 0.2) is 42.5 Å². The highest BCUT2D eigenvalue weighted by Crippen LogP contribution is 2.49. The van der Waals surface area contributed by atoms with Gasteiger partial charge in [-0.1, -0.05) is 18.2 Å². The Balaban J connectivity index is 1.82. The maximum atomic E-state index is 2.37. The van der Waals surface area contributed by atoms with Gasteiger partial charge in [0.2, 0.25) is 0 Å². The summed E-state index contributed by atoms with van der Waals surface area (Å²) < 4.78 is 7.25. The van der Waals surface area contributed by atoms with Crippen molar-refractivity contribution in [2.24, 2.45) is 0 Å². The topological polar surface area (TPSA) is 0 Å². The third-order valence-electron chi connectivity index (χ3n) is 3.65. The molecular weight excluding hydrogens is 332 g/mol. The molecule has 0 saturated heterocycles. The van der Waals surface area contributed by atoms with Crippen LogP contribution in [0.2, 0.25) is 0 Å². The number of hydrogen-bond donors (Lipinski definition) is 0. The quantitative estimate of drug-likeness (QED) is 0.298. The van der Waals surface area contributed by atoms with Crippen molar-refractivity contribution >= 4 is 74.2 Å². The van der Waals surface area contributed by atoms with Crippen LogP contribution in [0.1, 0.15) is 4.88 Å². The molecule has 4 heterocycles. The van der Waals surface area contributed by atoms with Crippen LogP contribution >= 0.6 is 45.3 Å². The van der Waals surface area contributed by atoms with Gasteiger partial charge in [0.25, 0.3) is 0 Å². The molecule has 0 fully saturated rings. The van der Waals surface area contributed by atoms with Crippen molar-refractivity contribution in [2.75, 3.05) is 0 Å². The summed E-state index contributed by atoms with van der Waals surface area (Å²) in [6, 6.07) is 15.6. The zero-order chi connectivity index (χ0) is 14.0. The van der Waals surface area contributed by atoms with Crippen LogP contribution in [0.25, 0.3) is 38.6 Å². The summed E-state index contributed by atoms with van der Waals surface area (Å²) in [5.74, 6) is 0. The highest BCUT2D eigenvalue weighted by atomic mass is 32.1. The molecule has 0 spiro atoms. The van der Waals surface area contributed by atoms with Gasteiger partial charge in [0.15, 0.2) is 0 Å². The molecular formula is C17H10S4. The van der Waals surface area contributed by atoms with E-state index in [1.807, 2.05) is 45.3 Å². The minimum Gasteiger partial charge on any atom is -0.140 e. The van der Waals surface area contributed by atoms with Crippen molar-refractivity contribution in [3.8, 4) is 9.75 Å². The number of rotatable bonds is 1. The minimum atomic E-state index is 1.38. The highest BCUT2D eigenvalue weighted by molar-refractivity contribution is 7.42. The smallest absolute Gasteiger partial charge is 0.0642 e. The Morgan fingerprint density at radius 3 is 2.38 bits per heavy atom. The Morgan fingerprint density at radius 2 is 1.52 bits per heavy atom. The molecule has 0 aliphatic rings. The standard InChI is InChI=1S/C17H10S4/c1-9-6-7-12(18-9)13-8-14-16(20-13)17-15(21-14)10-4-2-3-5-11(10)19-17/h2-8H,1H3. The van der Waals surface area contributed by atoms with Gasteiger partial charge in [-0.3, -0.25) is 0 Å². The van der Waals surface area contributed by atoms with Crippen molar-refractivity contribution < 1.29 is 0 Å². The van der Waals surface area contributed by atoms with Gasteiger partial charge in [0.05, 0.1) is 14.1 Å². The van der Waals surface area contributed by atoms with E-state index in [1.54, 1.807) is 0 Å². The molecule has 0 radical (unpaired) electrons. The number of benzene rings is 1. The molecule has 5 aromatic rings.